The Kier molecular flexibility index (Phi) is 2.58. The molecule has 0 aromatic rings. The van der Waals surface area contributed by atoms with Gasteiger partial charge in [0, 0.05) is 5.41 Å². The summed E-state index contributed by atoms with van der Waals surface area (Å²) in [5, 5.41) is 0. The topological polar surface area (TPSA) is 35.2 Å². The summed E-state index contributed by atoms with van der Waals surface area (Å²) in [4.78, 5) is 5.22. The number of hydrogen-bond donors (Lipinski definition) is 1. The lowest BCUT2D eigenvalue weighted by molar-refractivity contribution is -0.154. The molecular weight excluding hydrogens is 222 g/mol. The lowest BCUT2D eigenvalue weighted by Crippen LogP contribution is -2.55. The summed E-state index contributed by atoms with van der Waals surface area (Å²) in [6, 6.07) is 0. The average Bonchev–Trinajstić information content (AvgIpc) is 2.78. The fraction of sp³-hybridized carbons (Fsp3) is 1.00. The van der Waals surface area contributed by atoms with Crippen molar-refractivity contribution >= 4 is 0 Å². The van der Waals surface area contributed by atoms with Gasteiger partial charge in [-0.05, 0) is 74.5 Å². The minimum Gasteiger partial charge on any atom is -0.304 e. The van der Waals surface area contributed by atoms with Crippen molar-refractivity contribution in [1.29, 1.82) is 0 Å². The van der Waals surface area contributed by atoms with E-state index in [4.69, 9.17) is 10.7 Å². The second kappa shape index (κ2) is 3.96. The van der Waals surface area contributed by atoms with E-state index >= 15 is 0 Å². The highest BCUT2D eigenvalue weighted by Crippen LogP contribution is 2.69. The first-order chi connectivity index (χ1) is 8.75. The van der Waals surface area contributed by atoms with E-state index in [1.54, 1.807) is 0 Å². The van der Waals surface area contributed by atoms with Crippen molar-refractivity contribution in [2.24, 2.45) is 34.5 Å². The van der Waals surface area contributed by atoms with Gasteiger partial charge in [-0.2, -0.15) is 0 Å². The molecule has 2 nitrogen and oxygen atoms in total. The van der Waals surface area contributed by atoms with Crippen LogP contribution >= 0.6 is 0 Å². The van der Waals surface area contributed by atoms with Crippen LogP contribution < -0.4 is 5.90 Å². The van der Waals surface area contributed by atoms with Gasteiger partial charge in [-0.15, -0.1) is 0 Å². The number of rotatable bonds is 3. The third-order valence-electron chi connectivity index (χ3n) is 7.08. The standard InChI is InChI=1S/C16H27NO/c17-18-11-15(3-1-2-4-15)16-8-12-5-13(9-16)7-14(6-12)10-16/h12-14H,1-11,17H2. The van der Waals surface area contributed by atoms with Crippen molar-refractivity contribution in [3.05, 3.63) is 0 Å². The van der Waals surface area contributed by atoms with Gasteiger partial charge in [0.25, 0.3) is 0 Å². The molecule has 0 heterocycles. The van der Waals surface area contributed by atoms with Gasteiger partial charge < -0.3 is 4.84 Å². The summed E-state index contributed by atoms with van der Waals surface area (Å²) in [6.07, 6.45) is 14.7. The zero-order valence-corrected chi connectivity index (χ0v) is 11.5. The maximum Gasteiger partial charge on any atom is 0.0740 e. The van der Waals surface area contributed by atoms with Crippen LogP contribution in [-0.4, -0.2) is 6.61 Å². The van der Waals surface area contributed by atoms with Crippen LogP contribution in [0.25, 0.3) is 0 Å². The van der Waals surface area contributed by atoms with E-state index in [1.807, 2.05) is 0 Å². The highest BCUT2D eigenvalue weighted by molar-refractivity contribution is 5.10. The van der Waals surface area contributed by atoms with Crippen LogP contribution in [0.4, 0.5) is 0 Å². The molecule has 5 saturated carbocycles. The van der Waals surface area contributed by atoms with Gasteiger partial charge >= 0.3 is 0 Å². The first-order valence-electron chi connectivity index (χ1n) is 8.07. The SMILES string of the molecule is NOCC1(C23CC4CC(CC(C4)C2)C3)CCCC1. The molecule has 0 atom stereocenters. The molecule has 0 aromatic heterocycles. The number of nitrogens with two attached hydrogens (primary N) is 1. The zero-order chi connectivity index (χ0) is 12.2. The largest absolute Gasteiger partial charge is 0.304 e. The molecule has 5 rings (SSSR count). The van der Waals surface area contributed by atoms with E-state index in [0.717, 1.165) is 24.4 Å². The summed E-state index contributed by atoms with van der Waals surface area (Å²) in [5.74, 6) is 8.66. The fourth-order valence-corrected chi connectivity index (χ4v) is 6.80. The minimum absolute atomic E-state index is 0.456. The highest BCUT2D eigenvalue weighted by Gasteiger charge is 2.60. The third-order valence-corrected chi connectivity index (χ3v) is 7.08. The van der Waals surface area contributed by atoms with E-state index in [1.165, 1.54) is 64.2 Å². The molecule has 2 N–H and O–H groups in total. The predicted octanol–water partition coefficient (Wildman–Crippen LogP) is 3.65. The van der Waals surface area contributed by atoms with Crippen LogP contribution in [0.5, 0.6) is 0 Å². The molecule has 5 fully saturated rings. The Bertz CT molecular complexity index is 297. The Morgan fingerprint density at radius 1 is 0.889 bits per heavy atom. The van der Waals surface area contributed by atoms with E-state index < -0.39 is 0 Å². The zero-order valence-electron chi connectivity index (χ0n) is 11.5. The van der Waals surface area contributed by atoms with Gasteiger partial charge in [-0.1, -0.05) is 12.8 Å². The van der Waals surface area contributed by atoms with E-state index in [-0.39, 0.29) is 0 Å². The normalized spacial score (nSPS) is 48.8. The molecule has 5 aliphatic carbocycles. The fourth-order valence-electron chi connectivity index (χ4n) is 6.80. The van der Waals surface area contributed by atoms with Gasteiger partial charge in [-0.25, -0.2) is 5.90 Å². The van der Waals surface area contributed by atoms with Crippen molar-refractivity contribution < 1.29 is 4.84 Å². The summed E-state index contributed by atoms with van der Waals surface area (Å²) in [6.45, 7) is 0.833. The minimum atomic E-state index is 0.456. The smallest absolute Gasteiger partial charge is 0.0740 e. The monoisotopic (exact) mass is 249 g/mol. The van der Waals surface area contributed by atoms with E-state index in [0.29, 0.717) is 10.8 Å². The third kappa shape index (κ3) is 1.48. The Morgan fingerprint density at radius 3 is 1.83 bits per heavy atom. The van der Waals surface area contributed by atoms with Gasteiger partial charge in [0.1, 0.15) is 0 Å². The molecule has 0 aliphatic heterocycles. The quantitative estimate of drug-likeness (QED) is 0.775. The Hall–Kier alpha value is -0.0800. The molecule has 18 heavy (non-hydrogen) atoms. The maximum absolute atomic E-state index is 5.51. The van der Waals surface area contributed by atoms with Crippen molar-refractivity contribution in [3.63, 3.8) is 0 Å². The number of hydrogen-bond acceptors (Lipinski definition) is 2. The lowest BCUT2D eigenvalue weighted by Gasteiger charge is -2.63. The van der Waals surface area contributed by atoms with Crippen molar-refractivity contribution in [2.45, 2.75) is 64.2 Å². The van der Waals surface area contributed by atoms with Crippen LogP contribution in [0.15, 0.2) is 0 Å². The van der Waals surface area contributed by atoms with Gasteiger partial charge in [0.2, 0.25) is 0 Å². The van der Waals surface area contributed by atoms with E-state index in [2.05, 4.69) is 0 Å². The molecule has 0 aromatic carbocycles. The molecule has 2 heteroatoms. The van der Waals surface area contributed by atoms with Crippen molar-refractivity contribution in [3.8, 4) is 0 Å². The molecular formula is C16H27NO. The highest BCUT2D eigenvalue weighted by atomic mass is 16.6. The molecule has 0 amide bonds. The lowest BCUT2D eigenvalue weighted by atomic mass is 9.42. The molecule has 0 spiro atoms. The average molecular weight is 249 g/mol. The van der Waals surface area contributed by atoms with Crippen LogP contribution in [0, 0.1) is 28.6 Å². The molecule has 4 bridgehead atoms. The first kappa shape index (κ1) is 11.7. The Balaban J connectivity index is 1.69. The van der Waals surface area contributed by atoms with Crippen LogP contribution in [-0.2, 0) is 4.84 Å². The first-order valence-corrected chi connectivity index (χ1v) is 8.07. The van der Waals surface area contributed by atoms with Crippen LogP contribution in [0.3, 0.4) is 0 Å². The van der Waals surface area contributed by atoms with Gasteiger partial charge in [-0.3, -0.25) is 0 Å². The second-order valence-corrected chi connectivity index (χ2v) is 8.00. The van der Waals surface area contributed by atoms with Crippen molar-refractivity contribution in [2.75, 3.05) is 6.61 Å². The Morgan fingerprint density at radius 2 is 1.39 bits per heavy atom. The van der Waals surface area contributed by atoms with Gasteiger partial charge in [0.15, 0.2) is 0 Å². The molecule has 0 radical (unpaired) electrons. The van der Waals surface area contributed by atoms with Crippen LogP contribution in [0.2, 0.25) is 0 Å². The molecule has 0 saturated heterocycles. The molecule has 0 unspecified atom stereocenters. The maximum atomic E-state index is 5.51. The summed E-state index contributed by atoms with van der Waals surface area (Å²) >= 11 is 0. The predicted molar refractivity (Wildman–Crippen MR) is 71.6 cm³/mol. The molecule has 102 valence electrons. The Labute approximate surface area is 111 Å². The van der Waals surface area contributed by atoms with Crippen molar-refractivity contribution in [1.82, 2.24) is 0 Å². The van der Waals surface area contributed by atoms with Gasteiger partial charge in [0.05, 0.1) is 6.61 Å². The molecule has 5 aliphatic rings. The summed E-state index contributed by atoms with van der Waals surface area (Å²) < 4.78 is 0. The summed E-state index contributed by atoms with van der Waals surface area (Å²) in [5.41, 5.74) is 1.08. The van der Waals surface area contributed by atoms with Crippen LogP contribution in [0.1, 0.15) is 64.2 Å². The summed E-state index contributed by atoms with van der Waals surface area (Å²) in [7, 11) is 0. The van der Waals surface area contributed by atoms with E-state index in [9.17, 15) is 0 Å². The second-order valence-electron chi connectivity index (χ2n) is 8.00.